The molecule has 7 N–H and O–H groups in total. The van der Waals surface area contributed by atoms with Crippen LogP contribution in [0, 0.1) is 0 Å². The average molecular weight is 349 g/mol. The summed E-state index contributed by atoms with van der Waals surface area (Å²) < 4.78 is 15.8. The average Bonchev–Trinajstić information content (AvgIpc) is 3.01. The van der Waals surface area contributed by atoms with Crippen molar-refractivity contribution >= 4 is 25.4 Å². The van der Waals surface area contributed by atoms with E-state index in [-0.39, 0.29) is 30.1 Å². The van der Waals surface area contributed by atoms with Crippen LogP contribution < -0.4 is 11.3 Å². The van der Waals surface area contributed by atoms with E-state index in [4.69, 9.17) is 29.9 Å². The van der Waals surface area contributed by atoms with E-state index < -0.39 is 32.2 Å². The van der Waals surface area contributed by atoms with Crippen LogP contribution in [-0.4, -0.2) is 58.3 Å². The van der Waals surface area contributed by atoms with Crippen molar-refractivity contribution in [3.8, 4) is 0 Å². The van der Waals surface area contributed by atoms with Crippen LogP contribution in [0.5, 0.6) is 0 Å². The zero-order valence-corrected chi connectivity index (χ0v) is 12.7. The normalized spacial score (nSPS) is 24.0. The van der Waals surface area contributed by atoms with Gasteiger partial charge in [0.2, 0.25) is 5.95 Å². The zero-order chi connectivity index (χ0) is 17.1. The number of nitrogens with two attached hydrogens (primary N) is 1. The van der Waals surface area contributed by atoms with Crippen molar-refractivity contribution in [2.24, 2.45) is 0 Å². The largest absolute Gasteiger partial charge is 0.394 e. The summed E-state index contributed by atoms with van der Waals surface area (Å²) in [5.41, 5.74) is 5.50. The lowest BCUT2D eigenvalue weighted by atomic mass is 10.2. The number of fused-ring (bicyclic) bond motifs is 1. The minimum absolute atomic E-state index is 0.0171. The molecule has 0 spiro atoms. The topological polar surface area (TPSA) is 197 Å². The second-order valence-electron chi connectivity index (χ2n) is 4.67. The number of rotatable bonds is 2. The standard InChI is InChI=1S/C10H13N5O4.H3O3P/c11-10-13-8-7(9(18)14-10)12-3-15(8)6-1-4(17)5(2-16)19-6;1-4(2)3/h3-6,16-17H,1-2H2,(H3,11,13,14,18);4H,(H2,1,2,3)/t4-,5+,6?;/m0./s1. The molecule has 0 saturated carbocycles. The van der Waals surface area contributed by atoms with Gasteiger partial charge in [0.1, 0.15) is 12.3 Å². The minimum atomic E-state index is -3.13. The monoisotopic (exact) mass is 349 g/mol. The van der Waals surface area contributed by atoms with Crippen molar-refractivity contribution < 1.29 is 29.3 Å². The molecule has 128 valence electrons. The van der Waals surface area contributed by atoms with Crippen LogP contribution in [0.3, 0.4) is 0 Å². The molecule has 23 heavy (non-hydrogen) atoms. The molecule has 0 aliphatic carbocycles. The Morgan fingerprint density at radius 3 is 2.74 bits per heavy atom. The summed E-state index contributed by atoms with van der Waals surface area (Å²) >= 11 is 0. The lowest BCUT2D eigenvalue weighted by molar-refractivity contribution is -0.0432. The van der Waals surface area contributed by atoms with E-state index in [1.54, 1.807) is 0 Å². The molecule has 13 heteroatoms. The number of nitrogens with zero attached hydrogens (tertiary/aromatic N) is 3. The van der Waals surface area contributed by atoms with Gasteiger partial charge in [-0.15, -0.1) is 0 Å². The maximum absolute atomic E-state index is 11.6. The molecule has 3 atom stereocenters. The van der Waals surface area contributed by atoms with Gasteiger partial charge in [0.05, 0.1) is 19.0 Å². The molecule has 1 saturated heterocycles. The Labute approximate surface area is 129 Å². The number of aliphatic hydroxyl groups is 2. The van der Waals surface area contributed by atoms with Gasteiger partial charge >= 0.3 is 8.25 Å². The van der Waals surface area contributed by atoms with Gasteiger partial charge in [-0.1, -0.05) is 0 Å². The van der Waals surface area contributed by atoms with E-state index in [0.29, 0.717) is 0 Å². The van der Waals surface area contributed by atoms with Crippen LogP contribution in [-0.2, 0) is 9.30 Å². The highest BCUT2D eigenvalue weighted by atomic mass is 31.1. The molecule has 3 heterocycles. The third kappa shape index (κ3) is 3.93. The Morgan fingerprint density at radius 2 is 2.17 bits per heavy atom. The number of aromatic nitrogens is 4. The summed E-state index contributed by atoms with van der Waals surface area (Å²) in [7, 11) is -3.13. The first kappa shape index (κ1) is 17.5. The molecule has 0 radical (unpaired) electrons. The molecule has 0 bridgehead atoms. The number of imidazole rings is 1. The van der Waals surface area contributed by atoms with Crippen LogP contribution in [0.2, 0.25) is 0 Å². The van der Waals surface area contributed by atoms with Crippen molar-refractivity contribution in [1.29, 1.82) is 0 Å². The number of aromatic amines is 1. The fourth-order valence-corrected chi connectivity index (χ4v) is 2.20. The number of hydrogen-bond acceptors (Lipinski definition) is 8. The Kier molecular flexibility index (Phi) is 5.46. The maximum atomic E-state index is 11.6. The highest BCUT2D eigenvalue weighted by molar-refractivity contribution is 7.30. The van der Waals surface area contributed by atoms with Crippen LogP contribution in [0.15, 0.2) is 11.1 Å². The van der Waals surface area contributed by atoms with Crippen molar-refractivity contribution in [2.75, 3.05) is 12.3 Å². The number of nitrogens with one attached hydrogen (secondary N) is 1. The van der Waals surface area contributed by atoms with E-state index in [0.717, 1.165) is 0 Å². The van der Waals surface area contributed by atoms with E-state index in [1.165, 1.54) is 10.9 Å². The summed E-state index contributed by atoms with van der Waals surface area (Å²) in [5, 5.41) is 18.8. The fraction of sp³-hybridized carbons (Fsp3) is 0.500. The summed E-state index contributed by atoms with van der Waals surface area (Å²) in [5.74, 6) is -0.0171. The Balaban J connectivity index is 0.000000433. The van der Waals surface area contributed by atoms with Gasteiger partial charge in [0.25, 0.3) is 5.56 Å². The molecule has 3 rings (SSSR count). The first-order valence-corrected chi connectivity index (χ1v) is 7.72. The summed E-state index contributed by atoms with van der Waals surface area (Å²) in [6.45, 7) is -0.277. The smallest absolute Gasteiger partial charge is 0.314 e. The Hall–Kier alpha value is -1.82. The van der Waals surface area contributed by atoms with E-state index >= 15 is 0 Å². The molecule has 1 aliphatic heterocycles. The van der Waals surface area contributed by atoms with Gasteiger partial charge in [-0.2, -0.15) is 4.98 Å². The lowest BCUT2D eigenvalue weighted by Gasteiger charge is -2.13. The molecule has 1 unspecified atom stereocenters. The zero-order valence-electron chi connectivity index (χ0n) is 11.7. The first-order chi connectivity index (χ1) is 10.8. The summed E-state index contributed by atoms with van der Waals surface area (Å²) in [6.07, 6.45) is -0.270. The van der Waals surface area contributed by atoms with Crippen molar-refractivity contribution in [2.45, 2.75) is 24.9 Å². The highest BCUT2D eigenvalue weighted by Crippen LogP contribution is 2.30. The predicted octanol–water partition coefficient (Wildman–Crippen LogP) is -2.30. The molecule has 2 aromatic rings. The lowest BCUT2D eigenvalue weighted by Crippen LogP contribution is -2.24. The van der Waals surface area contributed by atoms with Crippen LogP contribution in [0.1, 0.15) is 12.6 Å². The second kappa shape index (κ2) is 7.17. The Bertz CT molecular complexity index is 758. The third-order valence-corrected chi connectivity index (χ3v) is 3.15. The van der Waals surface area contributed by atoms with Crippen LogP contribution >= 0.6 is 8.25 Å². The predicted molar refractivity (Wildman–Crippen MR) is 77.6 cm³/mol. The van der Waals surface area contributed by atoms with Gasteiger partial charge in [0.15, 0.2) is 11.2 Å². The van der Waals surface area contributed by atoms with Crippen LogP contribution in [0.25, 0.3) is 11.2 Å². The van der Waals surface area contributed by atoms with E-state index in [9.17, 15) is 9.90 Å². The quantitative estimate of drug-likeness (QED) is 0.321. The van der Waals surface area contributed by atoms with Gasteiger partial charge in [-0.25, -0.2) is 4.98 Å². The van der Waals surface area contributed by atoms with E-state index in [1.807, 2.05) is 0 Å². The number of ether oxygens (including phenoxy) is 1. The van der Waals surface area contributed by atoms with Crippen LogP contribution in [0.4, 0.5) is 5.95 Å². The second-order valence-corrected chi connectivity index (χ2v) is 5.24. The maximum Gasteiger partial charge on any atom is 0.314 e. The summed E-state index contributed by atoms with van der Waals surface area (Å²) in [6, 6.07) is 0. The molecule has 2 aromatic heterocycles. The molecule has 0 aromatic carbocycles. The number of aliphatic hydroxyl groups excluding tert-OH is 2. The molecular weight excluding hydrogens is 333 g/mol. The highest BCUT2D eigenvalue weighted by Gasteiger charge is 2.35. The molecule has 1 fully saturated rings. The van der Waals surface area contributed by atoms with Gasteiger partial charge in [0, 0.05) is 6.42 Å². The number of hydrogen-bond donors (Lipinski definition) is 6. The van der Waals surface area contributed by atoms with E-state index in [2.05, 4.69) is 15.0 Å². The van der Waals surface area contributed by atoms with Crippen molar-refractivity contribution in [3.63, 3.8) is 0 Å². The summed E-state index contributed by atoms with van der Waals surface area (Å²) in [4.78, 5) is 36.3. The SMILES string of the molecule is Nc1nc2c(ncn2C2C[C@H](O)[C@@H](CO)O2)c(=O)[nH]1.O=[PH](O)O. The third-order valence-electron chi connectivity index (χ3n) is 3.15. The van der Waals surface area contributed by atoms with Crippen molar-refractivity contribution in [3.05, 3.63) is 16.7 Å². The van der Waals surface area contributed by atoms with Gasteiger partial charge < -0.3 is 30.5 Å². The van der Waals surface area contributed by atoms with Gasteiger partial charge in [-0.3, -0.25) is 18.9 Å². The minimum Gasteiger partial charge on any atom is -0.394 e. The molecule has 0 amide bonds. The molecule has 1 aliphatic rings. The molecule has 12 nitrogen and oxygen atoms in total. The Morgan fingerprint density at radius 1 is 1.52 bits per heavy atom. The van der Waals surface area contributed by atoms with Gasteiger partial charge in [-0.05, 0) is 0 Å². The number of nitrogen functional groups attached to an aromatic ring is 1. The van der Waals surface area contributed by atoms with Crippen molar-refractivity contribution in [1.82, 2.24) is 19.5 Å². The fourth-order valence-electron chi connectivity index (χ4n) is 2.20. The number of H-pyrrole nitrogens is 1. The number of anilines is 1. The molecular formula is C10H16N5O7P. The first-order valence-electron chi connectivity index (χ1n) is 6.42.